The SMILES string of the molecule is CC(C)c1ccc(C(=O)O[C@H](C)C(=O)NC2CC2)c(C(C)C)c1. The molecule has 1 fully saturated rings. The van der Waals surface area contributed by atoms with E-state index in [1.807, 2.05) is 12.1 Å². The number of nitrogens with one attached hydrogen (secondary N) is 1. The zero-order valence-electron chi connectivity index (χ0n) is 14.7. The molecule has 2 rings (SSSR count). The Bertz CT molecular complexity index is 588. The molecule has 126 valence electrons. The van der Waals surface area contributed by atoms with Crippen molar-refractivity contribution in [2.75, 3.05) is 0 Å². The molecule has 0 unspecified atom stereocenters. The van der Waals surface area contributed by atoms with E-state index < -0.39 is 12.1 Å². The van der Waals surface area contributed by atoms with Gasteiger partial charge < -0.3 is 10.1 Å². The van der Waals surface area contributed by atoms with Crippen molar-refractivity contribution < 1.29 is 14.3 Å². The Kier molecular flexibility index (Phi) is 5.45. The number of hydrogen-bond donors (Lipinski definition) is 1. The topological polar surface area (TPSA) is 55.4 Å². The highest BCUT2D eigenvalue weighted by Gasteiger charge is 2.28. The van der Waals surface area contributed by atoms with Crippen LogP contribution in [0.15, 0.2) is 18.2 Å². The molecule has 23 heavy (non-hydrogen) atoms. The number of rotatable bonds is 6. The monoisotopic (exact) mass is 317 g/mol. The van der Waals surface area contributed by atoms with Gasteiger partial charge in [-0.1, -0.05) is 39.8 Å². The molecule has 0 radical (unpaired) electrons. The van der Waals surface area contributed by atoms with Gasteiger partial charge in [-0.15, -0.1) is 0 Å². The van der Waals surface area contributed by atoms with Crippen LogP contribution in [0.2, 0.25) is 0 Å². The van der Waals surface area contributed by atoms with E-state index in [1.165, 1.54) is 5.56 Å². The summed E-state index contributed by atoms with van der Waals surface area (Å²) in [7, 11) is 0. The van der Waals surface area contributed by atoms with Gasteiger partial charge in [-0.05, 0) is 48.8 Å². The molecule has 1 aliphatic rings. The van der Waals surface area contributed by atoms with Crippen LogP contribution >= 0.6 is 0 Å². The normalized spacial score (nSPS) is 15.6. The van der Waals surface area contributed by atoms with Crippen molar-refractivity contribution in [3.8, 4) is 0 Å². The van der Waals surface area contributed by atoms with E-state index in [9.17, 15) is 9.59 Å². The predicted octanol–water partition coefficient (Wildman–Crippen LogP) is 3.76. The minimum absolute atomic E-state index is 0.215. The van der Waals surface area contributed by atoms with Gasteiger partial charge in [-0.3, -0.25) is 4.79 Å². The summed E-state index contributed by atoms with van der Waals surface area (Å²) in [4.78, 5) is 24.4. The number of carbonyl (C=O) groups is 2. The molecule has 0 heterocycles. The summed E-state index contributed by atoms with van der Waals surface area (Å²) in [6.45, 7) is 9.98. The van der Waals surface area contributed by atoms with E-state index in [4.69, 9.17) is 4.74 Å². The summed E-state index contributed by atoms with van der Waals surface area (Å²) in [6, 6.07) is 6.11. The maximum absolute atomic E-state index is 12.5. The van der Waals surface area contributed by atoms with Crippen LogP contribution < -0.4 is 5.32 Å². The number of hydrogen-bond acceptors (Lipinski definition) is 3. The first-order chi connectivity index (χ1) is 10.8. The third-order valence-corrected chi connectivity index (χ3v) is 4.16. The van der Waals surface area contributed by atoms with Crippen molar-refractivity contribution in [2.45, 2.75) is 71.4 Å². The van der Waals surface area contributed by atoms with Crippen molar-refractivity contribution in [1.29, 1.82) is 0 Å². The van der Waals surface area contributed by atoms with E-state index in [-0.39, 0.29) is 17.9 Å². The lowest BCUT2D eigenvalue weighted by Crippen LogP contribution is -2.37. The second kappa shape index (κ2) is 7.16. The van der Waals surface area contributed by atoms with Gasteiger partial charge in [0.25, 0.3) is 5.91 Å². The second-order valence-electron chi connectivity index (χ2n) is 6.99. The van der Waals surface area contributed by atoms with Crippen LogP contribution in [0.5, 0.6) is 0 Å². The highest BCUT2D eigenvalue weighted by molar-refractivity contribution is 5.93. The Labute approximate surface area is 138 Å². The molecule has 0 aliphatic heterocycles. The molecule has 1 aromatic carbocycles. The zero-order chi connectivity index (χ0) is 17.1. The smallest absolute Gasteiger partial charge is 0.339 e. The minimum Gasteiger partial charge on any atom is -0.449 e. The highest BCUT2D eigenvalue weighted by Crippen LogP contribution is 2.26. The molecule has 0 saturated heterocycles. The van der Waals surface area contributed by atoms with Crippen LogP contribution in [0, 0.1) is 0 Å². The molecule has 1 aliphatic carbocycles. The van der Waals surface area contributed by atoms with Gasteiger partial charge in [-0.2, -0.15) is 0 Å². The number of amides is 1. The van der Waals surface area contributed by atoms with Crippen molar-refractivity contribution >= 4 is 11.9 Å². The average molecular weight is 317 g/mol. The maximum atomic E-state index is 12.5. The van der Waals surface area contributed by atoms with E-state index in [0.29, 0.717) is 11.5 Å². The van der Waals surface area contributed by atoms with Crippen LogP contribution in [-0.2, 0) is 9.53 Å². The lowest BCUT2D eigenvalue weighted by atomic mass is 9.91. The largest absolute Gasteiger partial charge is 0.449 e. The van der Waals surface area contributed by atoms with Gasteiger partial charge in [-0.25, -0.2) is 4.79 Å². The molecular weight excluding hydrogens is 290 g/mol. The summed E-state index contributed by atoms with van der Waals surface area (Å²) in [5, 5.41) is 2.86. The fraction of sp³-hybridized carbons (Fsp3) is 0.579. The average Bonchev–Trinajstić information content (AvgIpc) is 3.30. The van der Waals surface area contributed by atoms with Gasteiger partial charge in [0.2, 0.25) is 0 Å². The van der Waals surface area contributed by atoms with Gasteiger partial charge in [0, 0.05) is 6.04 Å². The zero-order valence-corrected chi connectivity index (χ0v) is 14.7. The van der Waals surface area contributed by atoms with Crippen LogP contribution in [0.4, 0.5) is 0 Å². The van der Waals surface area contributed by atoms with Crippen LogP contribution in [-0.4, -0.2) is 24.0 Å². The quantitative estimate of drug-likeness (QED) is 0.813. The van der Waals surface area contributed by atoms with Gasteiger partial charge in [0.05, 0.1) is 5.56 Å². The molecule has 1 aromatic rings. The molecule has 1 atom stereocenters. The standard InChI is InChI=1S/C19H27NO3/c1-11(2)14-6-9-16(17(10-14)12(3)4)19(22)23-13(5)18(21)20-15-7-8-15/h6,9-13,15H,7-8H2,1-5H3,(H,20,21)/t13-/m1/s1. The molecule has 1 amide bonds. The molecule has 4 heteroatoms. The highest BCUT2D eigenvalue weighted by atomic mass is 16.5. The molecule has 0 aromatic heterocycles. The lowest BCUT2D eigenvalue weighted by molar-refractivity contribution is -0.129. The van der Waals surface area contributed by atoms with Crippen LogP contribution in [0.25, 0.3) is 0 Å². The summed E-state index contributed by atoms with van der Waals surface area (Å²) < 4.78 is 5.37. The van der Waals surface area contributed by atoms with Crippen LogP contribution in [0.3, 0.4) is 0 Å². The van der Waals surface area contributed by atoms with E-state index >= 15 is 0 Å². The maximum Gasteiger partial charge on any atom is 0.339 e. The first-order valence-electron chi connectivity index (χ1n) is 8.44. The van der Waals surface area contributed by atoms with Gasteiger partial charge in [0.15, 0.2) is 6.10 Å². The third kappa shape index (κ3) is 4.57. The van der Waals surface area contributed by atoms with Gasteiger partial charge >= 0.3 is 5.97 Å². The summed E-state index contributed by atoms with van der Waals surface area (Å²) in [6.07, 6.45) is 1.26. The van der Waals surface area contributed by atoms with E-state index in [0.717, 1.165) is 18.4 Å². The molecule has 0 bridgehead atoms. The fourth-order valence-corrected chi connectivity index (χ4v) is 2.43. The Balaban J connectivity index is 2.12. The molecule has 1 N–H and O–H groups in total. The molecular formula is C19H27NO3. The summed E-state index contributed by atoms with van der Waals surface area (Å²) >= 11 is 0. The molecule has 4 nitrogen and oxygen atoms in total. The first kappa shape index (κ1) is 17.5. The van der Waals surface area contributed by atoms with Crippen molar-refractivity contribution in [2.24, 2.45) is 0 Å². The summed E-state index contributed by atoms with van der Waals surface area (Å²) in [5.74, 6) is -0.0270. The van der Waals surface area contributed by atoms with Crippen molar-refractivity contribution in [1.82, 2.24) is 5.32 Å². The Morgan fingerprint density at radius 1 is 1.09 bits per heavy atom. The Morgan fingerprint density at radius 2 is 1.74 bits per heavy atom. The first-order valence-corrected chi connectivity index (χ1v) is 8.44. The third-order valence-electron chi connectivity index (χ3n) is 4.16. The lowest BCUT2D eigenvalue weighted by Gasteiger charge is -2.18. The number of benzene rings is 1. The van der Waals surface area contributed by atoms with Gasteiger partial charge in [0.1, 0.15) is 0 Å². The number of ether oxygens (including phenoxy) is 1. The molecule has 0 spiro atoms. The van der Waals surface area contributed by atoms with E-state index in [2.05, 4.69) is 39.1 Å². The Hall–Kier alpha value is -1.84. The van der Waals surface area contributed by atoms with Crippen molar-refractivity contribution in [3.63, 3.8) is 0 Å². The fourth-order valence-electron chi connectivity index (χ4n) is 2.43. The van der Waals surface area contributed by atoms with E-state index in [1.54, 1.807) is 6.92 Å². The number of carbonyl (C=O) groups excluding carboxylic acids is 2. The van der Waals surface area contributed by atoms with Crippen LogP contribution in [0.1, 0.15) is 80.8 Å². The number of esters is 1. The molecule has 1 saturated carbocycles. The summed E-state index contributed by atoms with van der Waals surface area (Å²) in [5.41, 5.74) is 2.72. The predicted molar refractivity (Wildman–Crippen MR) is 90.7 cm³/mol. The Morgan fingerprint density at radius 3 is 2.26 bits per heavy atom. The van der Waals surface area contributed by atoms with Crippen molar-refractivity contribution in [3.05, 3.63) is 34.9 Å². The second-order valence-corrected chi connectivity index (χ2v) is 6.99. The minimum atomic E-state index is -0.770.